The Labute approximate surface area is 204 Å². The van der Waals surface area contributed by atoms with E-state index in [0.717, 1.165) is 76.0 Å². The van der Waals surface area contributed by atoms with Crippen molar-refractivity contribution < 1.29 is 22.5 Å². The predicted molar refractivity (Wildman–Crippen MR) is 126 cm³/mol. The lowest BCUT2D eigenvalue weighted by atomic mass is 9.84. The second-order valence-corrected chi connectivity index (χ2v) is 10.1. The van der Waals surface area contributed by atoms with E-state index in [0.29, 0.717) is 17.4 Å². The molecule has 0 aromatic carbocycles. The predicted octanol–water partition coefficient (Wildman–Crippen LogP) is 4.58. The summed E-state index contributed by atoms with van der Waals surface area (Å²) in [5.41, 5.74) is 3.45. The Kier molecular flexibility index (Phi) is 8.46. The summed E-state index contributed by atoms with van der Waals surface area (Å²) in [7, 11) is 0. The Balaban J connectivity index is 1.16. The van der Waals surface area contributed by atoms with E-state index < -0.39 is 12.6 Å². The summed E-state index contributed by atoms with van der Waals surface area (Å²) >= 11 is 0. The molecule has 9 heteroatoms. The zero-order valence-corrected chi connectivity index (χ0v) is 20.4. The number of halogens is 3. The number of hydrogen-bond donors (Lipinski definition) is 1. The molecule has 0 bridgehead atoms. The number of amides is 1. The standard InChI is InChI=1S/C26H35F3N4O2/c1-18-16-23(35-32-18)17-25(34)31-21-5-2-19(3-6-21)9-13-33-14-10-20-4-7-22(8-12-26(27,28)29)30-24(20)11-15-33/h4,7,16,19,21H,2-3,5-6,8-15,17H2,1H3,(H,31,34)/t19-,21-. The van der Waals surface area contributed by atoms with Gasteiger partial charge in [-0.05, 0) is 76.0 Å². The van der Waals surface area contributed by atoms with Crippen molar-refractivity contribution in [3.63, 3.8) is 0 Å². The van der Waals surface area contributed by atoms with Crippen molar-refractivity contribution in [1.82, 2.24) is 20.4 Å². The van der Waals surface area contributed by atoms with Crippen molar-refractivity contribution >= 4 is 5.91 Å². The van der Waals surface area contributed by atoms with Crippen LogP contribution in [0.2, 0.25) is 0 Å². The summed E-state index contributed by atoms with van der Waals surface area (Å²) in [6.45, 7) is 4.73. The van der Waals surface area contributed by atoms with Gasteiger partial charge < -0.3 is 14.7 Å². The number of hydrogen-bond acceptors (Lipinski definition) is 5. The van der Waals surface area contributed by atoms with Gasteiger partial charge in [0.05, 0.1) is 12.1 Å². The van der Waals surface area contributed by atoms with Crippen LogP contribution in [0, 0.1) is 12.8 Å². The molecular formula is C26H35F3N4O2. The highest BCUT2D eigenvalue weighted by molar-refractivity contribution is 5.78. The van der Waals surface area contributed by atoms with Crippen molar-refractivity contribution in [2.75, 3.05) is 19.6 Å². The second kappa shape index (κ2) is 11.5. The van der Waals surface area contributed by atoms with Crippen LogP contribution in [0.4, 0.5) is 13.2 Å². The van der Waals surface area contributed by atoms with Crippen LogP contribution in [0.1, 0.15) is 66.9 Å². The third-order valence-corrected chi connectivity index (χ3v) is 7.23. The Morgan fingerprint density at radius 2 is 1.94 bits per heavy atom. The van der Waals surface area contributed by atoms with E-state index in [1.54, 1.807) is 12.1 Å². The van der Waals surface area contributed by atoms with E-state index in [2.05, 4.69) is 20.4 Å². The minimum absolute atomic E-state index is 0.0103. The van der Waals surface area contributed by atoms with Gasteiger partial charge in [0.1, 0.15) is 5.76 Å². The van der Waals surface area contributed by atoms with E-state index in [9.17, 15) is 18.0 Å². The first-order valence-corrected chi connectivity index (χ1v) is 12.7. The number of nitrogens with one attached hydrogen (secondary N) is 1. The fraction of sp³-hybridized carbons (Fsp3) is 0.654. The van der Waals surface area contributed by atoms with Crippen LogP contribution >= 0.6 is 0 Å². The molecule has 1 aliphatic carbocycles. The monoisotopic (exact) mass is 492 g/mol. The third kappa shape index (κ3) is 8.05. The SMILES string of the molecule is Cc1cc(CC(=O)N[C@H]2CC[C@H](CCN3CCc4ccc(CCC(F)(F)F)nc4CC3)CC2)on1. The number of alkyl halides is 3. The van der Waals surface area contributed by atoms with Gasteiger partial charge >= 0.3 is 6.18 Å². The number of nitrogens with zero attached hydrogens (tertiary/aromatic N) is 3. The van der Waals surface area contributed by atoms with E-state index in [4.69, 9.17) is 4.52 Å². The second-order valence-electron chi connectivity index (χ2n) is 10.1. The van der Waals surface area contributed by atoms with Gasteiger partial charge in [0.25, 0.3) is 0 Å². The molecule has 0 saturated heterocycles. The van der Waals surface area contributed by atoms with Crippen LogP contribution < -0.4 is 5.32 Å². The van der Waals surface area contributed by atoms with E-state index in [-0.39, 0.29) is 24.8 Å². The summed E-state index contributed by atoms with van der Waals surface area (Å²) in [6.07, 6.45) is 2.27. The van der Waals surface area contributed by atoms with Crippen LogP contribution in [0.5, 0.6) is 0 Å². The zero-order valence-electron chi connectivity index (χ0n) is 20.4. The Hall–Kier alpha value is -2.42. The van der Waals surface area contributed by atoms with Gasteiger partial charge in [0.15, 0.2) is 0 Å². The molecule has 0 unspecified atom stereocenters. The smallest absolute Gasteiger partial charge is 0.361 e. The first kappa shape index (κ1) is 25.7. The highest BCUT2D eigenvalue weighted by atomic mass is 19.4. The van der Waals surface area contributed by atoms with Gasteiger partial charge in [0.2, 0.25) is 5.91 Å². The molecule has 0 atom stereocenters. The number of aryl methyl sites for hydroxylation is 2. The number of aromatic nitrogens is 2. The van der Waals surface area contributed by atoms with E-state index in [1.165, 1.54) is 5.56 Å². The minimum atomic E-state index is -4.15. The van der Waals surface area contributed by atoms with Gasteiger partial charge in [-0.3, -0.25) is 9.78 Å². The Morgan fingerprint density at radius 1 is 1.17 bits per heavy atom. The normalized spacial score (nSPS) is 21.4. The van der Waals surface area contributed by atoms with Gasteiger partial charge in [-0.15, -0.1) is 0 Å². The molecular weight excluding hydrogens is 457 g/mol. The highest BCUT2D eigenvalue weighted by Crippen LogP contribution is 2.28. The maximum Gasteiger partial charge on any atom is 0.389 e. The molecule has 0 radical (unpaired) electrons. The van der Waals surface area contributed by atoms with Crippen LogP contribution in [-0.4, -0.2) is 52.8 Å². The Bertz CT molecular complexity index is 983. The summed E-state index contributed by atoms with van der Waals surface area (Å²) in [5.74, 6) is 1.25. The number of pyridine rings is 1. The fourth-order valence-corrected chi connectivity index (χ4v) is 5.20. The molecule has 1 N–H and O–H groups in total. The van der Waals surface area contributed by atoms with Gasteiger partial charge in [-0.2, -0.15) is 13.2 Å². The van der Waals surface area contributed by atoms with Crippen molar-refractivity contribution in [3.05, 3.63) is 46.6 Å². The average Bonchev–Trinajstić information content (AvgIpc) is 3.10. The molecule has 192 valence electrons. The molecule has 3 heterocycles. The molecule has 1 aliphatic heterocycles. The van der Waals surface area contributed by atoms with E-state index >= 15 is 0 Å². The van der Waals surface area contributed by atoms with Crippen LogP contribution in [0.15, 0.2) is 22.7 Å². The quantitative estimate of drug-likeness (QED) is 0.584. The van der Waals surface area contributed by atoms with E-state index in [1.807, 2.05) is 13.0 Å². The maximum atomic E-state index is 12.5. The van der Waals surface area contributed by atoms with Gasteiger partial charge in [-0.25, -0.2) is 0 Å². The zero-order chi connectivity index (χ0) is 24.8. The van der Waals surface area contributed by atoms with Gasteiger partial charge in [0, 0.05) is 49.4 Å². The molecule has 6 nitrogen and oxygen atoms in total. The van der Waals surface area contributed by atoms with Crippen molar-refractivity contribution in [1.29, 1.82) is 0 Å². The lowest BCUT2D eigenvalue weighted by Crippen LogP contribution is -2.39. The molecule has 1 amide bonds. The summed E-state index contributed by atoms with van der Waals surface area (Å²) in [6, 6.07) is 5.74. The van der Waals surface area contributed by atoms with Crippen molar-refractivity contribution in [2.24, 2.45) is 5.92 Å². The third-order valence-electron chi connectivity index (χ3n) is 7.23. The fourth-order valence-electron chi connectivity index (χ4n) is 5.20. The minimum Gasteiger partial charge on any atom is -0.361 e. The largest absolute Gasteiger partial charge is 0.389 e. The molecule has 1 fully saturated rings. The van der Waals surface area contributed by atoms with Crippen LogP contribution in [-0.2, 0) is 30.5 Å². The maximum absolute atomic E-state index is 12.5. The van der Waals surface area contributed by atoms with Crippen molar-refractivity contribution in [3.8, 4) is 0 Å². The molecule has 2 aliphatic rings. The topological polar surface area (TPSA) is 71.3 Å². The number of rotatable bonds is 8. The van der Waals surface area contributed by atoms with Crippen LogP contribution in [0.3, 0.4) is 0 Å². The summed E-state index contributed by atoms with van der Waals surface area (Å²) in [5, 5.41) is 6.96. The van der Waals surface area contributed by atoms with Gasteiger partial charge in [-0.1, -0.05) is 11.2 Å². The molecule has 2 aromatic heterocycles. The highest BCUT2D eigenvalue weighted by Gasteiger charge is 2.27. The van der Waals surface area contributed by atoms with Crippen molar-refractivity contribution in [2.45, 2.75) is 83.4 Å². The average molecular weight is 493 g/mol. The number of carbonyl (C=O) groups excluding carboxylic acids is 1. The molecule has 1 saturated carbocycles. The van der Waals surface area contributed by atoms with Crippen LogP contribution in [0.25, 0.3) is 0 Å². The molecule has 35 heavy (non-hydrogen) atoms. The first-order valence-electron chi connectivity index (χ1n) is 12.7. The Morgan fingerprint density at radius 3 is 2.66 bits per heavy atom. The lowest BCUT2D eigenvalue weighted by Gasteiger charge is -2.30. The molecule has 0 spiro atoms. The number of carbonyl (C=O) groups is 1. The lowest BCUT2D eigenvalue weighted by molar-refractivity contribution is -0.134. The first-order chi connectivity index (χ1) is 16.7. The number of fused-ring (bicyclic) bond motifs is 1. The molecule has 4 rings (SSSR count). The molecule has 2 aromatic rings. The summed E-state index contributed by atoms with van der Waals surface area (Å²) < 4.78 is 42.7. The summed E-state index contributed by atoms with van der Waals surface area (Å²) in [4.78, 5) is 19.3.